The highest BCUT2D eigenvalue weighted by Crippen LogP contribution is 2.09. The van der Waals surface area contributed by atoms with Crippen LogP contribution in [0.15, 0.2) is 48.8 Å². The fourth-order valence-corrected chi connectivity index (χ4v) is 2.20. The van der Waals surface area contributed by atoms with Crippen LogP contribution in [0.4, 0.5) is 0 Å². The maximum Gasteiger partial charge on any atom is 0.251 e. The lowest BCUT2D eigenvalue weighted by atomic mass is 10.1. The largest absolute Gasteiger partial charge is 0.380 e. The molecule has 0 bridgehead atoms. The molecular formula is C18H21N3O3. The summed E-state index contributed by atoms with van der Waals surface area (Å²) < 4.78 is 5.09. The summed E-state index contributed by atoms with van der Waals surface area (Å²) in [5.74, 6) is -0.318. The van der Waals surface area contributed by atoms with E-state index in [1.807, 2.05) is 24.3 Å². The number of benzene rings is 1. The number of methoxy groups -OCH3 is 1. The average Bonchev–Trinajstić information content (AvgIpc) is 2.61. The number of amides is 2. The van der Waals surface area contributed by atoms with Crippen molar-refractivity contribution in [3.63, 3.8) is 0 Å². The van der Waals surface area contributed by atoms with Crippen molar-refractivity contribution in [3.8, 4) is 0 Å². The van der Waals surface area contributed by atoms with Crippen LogP contribution in [-0.4, -0.2) is 30.5 Å². The molecule has 2 N–H and O–H groups in total. The molecule has 2 rings (SSSR count). The summed E-state index contributed by atoms with van der Waals surface area (Å²) >= 11 is 0. The number of carbonyl (C=O) groups excluding carboxylic acids is 2. The lowest BCUT2D eigenvalue weighted by molar-refractivity contribution is -0.121. The van der Waals surface area contributed by atoms with Gasteiger partial charge in [0.05, 0.1) is 6.61 Å². The molecule has 0 aliphatic heterocycles. The Hall–Kier alpha value is -2.73. The van der Waals surface area contributed by atoms with E-state index < -0.39 is 0 Å². The maximum absolute atomic E-state index is 12.2. The Morgan fingerprint density at radius 1 is 1.08 bits per heavy atom. The molecule has 1 aromatic carbocycles. The van der Waals surface area contributed by atoms with Crippen LogP contribution in [-0.2, 0) is 22.7 Å². The highest BCUT2D eigenvalue weighted by Gasteiger charge is 2.10. The highest BCUT2D eigenvalue weighted by atomic mass is 16.5. The molecule has 6 nitrogen and oxygen atoms in total. The molecule has 0 aliphatic carbocycles. The zero-order valence-corrected chi connectivity index (χ0v) is 13.6. The van der Waals surface area contributed by atoms with Gasteiger partial charge in [-0.25, -0.2) is 0 Å². The van der Waals surface area contributed by atoms with E-state index >= 15 is 0 Å². The van der Waals surface area contributed by atoms with Gasteiger partial charge in [-0.1, -0.05) is 18.2 Å². The van der Waals surface area contributed by atoms with Gasteiger partial charge in [0.1, 0.15) is 0 Å². The van der Waals surface area contributed by atoms with Gasteiger partial charge in [-0.05, 0) is 29.3 Å². The molecule has 1 heterocycles. The Morgan fingerprint density at radius 3 is 2.58 bits per heavy atom. The number of aromatic nitrogens is 1. The Bertz CT molecular complexity index is 674. The van der Waals surface area contributed by atoms with E-state index in [4.69, 9.17) is 4.74 Å². The van der Waals surface area contributed by atoms with Crippen LogP contribution in [0.3, 0.4) is 0 Å². The molecule has 0 atom stereocenters. The topological polar surface area (TPSA) is 80.3 Å². The third-order valence-corrected chi connectivity index (χ3v) is 3.44. The van der Waals surface area contributed by atoms with E-state index in [2.05, 4.69) is 15.6 Å². The number of nitrogens with one attached hydrogen (secondary N) is 2. The number of pyridine rings is 1. The number of rotatable bonds is 8. The molecule has 0 saturated carbocycles. The van der Waals surface area contributed by atoms with Crippen molar-refractivity contribution < 1.29 is 14.3 Å². The summed E-state index contributed by atoms with van der Waals surface area (Å²) in [7, 11) is 1.59. The van der Waals surface area contributed by atoms with E-state index in [1.165, 1.54) is 0 Å². The summed E-state index contributed by atoms with van der Waals surface area (Å²) in [5, 5.41) is 5.57. The van der Waals surface area contributed by atoms with Gasteiger partial charge in [-0.3, -0.25) is 14.6 Å². The molecule has 0 spiro atoms. The molecule has 2 aromatic rings. The summed E-state index contributed by atoms with van der Waals surface area (Å²) in [5.41, 5.74) is 2.37. The normalized spacial score (nSPS) is 10.2. The third kappa shape index (κ3) is 5.48. The third-order valence-electron chi connectivity index (χ3n) is 3.44. The van der Waals surface area contributed by atoms with Crippen LogP contribution in [0.1, 0.15) is 27.9 Å². The Balaban J connectivity index is 1.75. The summed E-state index contributed by atoms with van der Waals surface area (Å²) in [6, 6.07) is 10.9. The van der Waals surface area contributed by atoms with Crippen LogP contribution in [0.5, 0.6) is 0 Å². The van der Waals surface area contributed by atoms with Gasteiger partial charge < -0.3 is 15.4 Å². The number of hydrogen-bond donors (Lipinski definition) is 2. The maximum atomic E-state index is 12.2. The van der Waals surface area contributed by atoms with Crippen LogP contribution in [0.25, 0.3) is 0 Å². The second kappa shape index (κ2) is 9.42. The van der Waals surface area contributed by atoms with Crippen LogP contribution in [0.2, 0.25) is 0 Å². The minimum absolute atomic E-state index is 0.114. The van der Waals surface area contributed by atoms with E-state index in [9.17, 15) is 9.59 Å². The number of carbonyl (C=O) groups is 2. The summed E-state index contributed by atoms with van der Waals surface area (Å²) in [6.45, 7) is 1.10. The first-order valence-electron chi connectivity index (χ1n) is 7.71. The van der Waals surface area contributed by atoms with Gasteiger partial charge in [0.2, 0.25) is 5.91 Å². The van der Waals surface area contributed by atoms with E-state index in [0.717, 1.165) is 11.1 Å². The Kier molecular flexibility index (Phi) is 6.91. The summed E-state index contributed by atoms with van der Waals surface area (Å²) in [6.07, 6.45) is 3.58. The van der Waals surface area contributed by atoms with Crippen molar-refractivity contribution in [1.29, 1.82) is 0 Å². The highest BCUT2D eigenvalue weighted by molar-refractivity contribution is 5.95. The van der Waals surface area contributed by atoms with Crippen LogP contribution in [0, 0.1) is 0 Å². The molecule has 0 fully saturated rings. The molecule has 0 unspecified atom stereocenters. The first-order valence-corrected chi connectivity index (χ1v) is 7.71. The zero-order chi connectivity index (χ0) is 17.2. The first-order chi connectivity index (χ1) is 11.7. The van der Waals surface area contributed by atoms with Gasteiger partial charge in [-0.15, -0.1) is 0 Å². The standard InChI is InChI=1S/C18H21N3O3/c1-24-13-15-4-2-3-5-16(15)18(23)20-11-8-17(22)21-12-14-6-9-19-10-7-14/h2-7,9-10H,8,11-13H2,1H3,(H,20,23)(H,21,22). The molecule has 0 saturated heterocycles. The minimum atomic E-state index is -0.204. The van der Waals surface area contributed by atoms with E-state index in [0.29, 0.717) is 18.7 Å². The molecule has 0 radical (unpaired) electrons. The van der Waals surface area contributed by atoms with Crippen molar-refractivity contribution in [2.24, 2.45) is 0 Å². The van der Waals surface area contributed by atoms with Gasteiger partial charge >= 0.3 is 0 Å². The number of nitrogens with zero attached hydrogens (tertiary/aromatic N) is 1. The molecule has 24 heavy (non-hydrogen) atoms. The van der Waals surface area contributed by atoms with E-state index in [1.54, 1.807) is 31.6 Å². The monoisotopic (exact) mass is 327 g/mol. The predicted molar refractivity (Wildman–Crippen MR) is 90.2 cm³/mol. The molecule has 0 aliphatic rings. The SMILES string of the molecule is COCc1ccccc1C(=O)NCCC(=O)NCc1ccncc1. The van der Waals surface area contributed by atoms with Crippen LogP contribution < -0.4 is 10.6 Å². The zero-order valence-electron chi connectivity index (χ0n) is 13.6. The van der Waals surface area contributed by atoms with Gasteiger partial charge in [0.15, 0.2) is 0 Å². The average molecular weight is 327 g/mol. The van der Waals surface area contributed by atoms with Gasteiger partial charge in [0, 0.05) is 44.6 Å². The lowest BCUT2D eigenvalue weighted by Gasteiger charge is -2.10. The number of ether oxygens (including phenoxy) is 1. The first kappa shape index (κ1) is 17.6. The smallest absolute Gasteiger partial charge is 0.251 e. The van der Waals surface area contributed by atoms with Gasteiger partial charge in [0.25, 0.3) is 5.91 Å². The minimum Gasteiger partial charge on any atom is -0.380 e. The molecule has 6 heteroatoms. The lowest BCUT2D eigenvalue weighted by Crippen LogP contribution is -2.31. The van der Waals surface area contributed by atoms with Crippen molar-refractivity contribution in [1.82, 2.24) is 15.6 Å². The van der Waals surface area contributed by atoms with Crippen molar-refractivity contribution in [3.05, 3.63) is 65.5 Å². The fraction of sp³-hybridized carbons (Fsp3) is 0.278. The second-order valence-electron chi connectivity index (χ2n) is 5.23. The molecule has 126 valence electrons. The second-order valence-corrected chi connectivity index (χ2v) is 5.23. The fourth-order valence-electron chi connectivity index (χ4n) is 2.20. The Morgan fingerprint density at radius 2 is 1.83 bits per heavy atom. The number of hydrogen-bond acceptors (Lipinski definition) is 4. The summed E-state index contributed by atoms with van der Waals surface area (Å²) in [4.78, 5) is 27.9. The van der Waals surface area contributed by atoms with Gasteiger partial charge in [-0.2, -0.15) is 0 Å². The quantitative estimate of drug-likeness (QED) is 0.773. The van der Waals surface area contributed by atoms with Crippen molar-refractivity contribution in [2.75, 3.05) is 13.7 Å². The molecule has 2 amide bonds. The van der Waals surface area contributed by atoms with Crippen molar-refractivity contribution in [2.45, 2.75) is 19.6 Å². The van der Waals surface area contributed by atoms with E-state index in [-0.39, 0.29) is 24.8 Å². The van der Waals surface area contributed by atoms with Crippen molar-refractivity contribution >= 4 is 11.8 Å². The van der Waals surface area contributed by atoms with Crippen LogP contribution >= 0.6 is 0 Å². The molecular weight excluding hydrogens is 306 g/mol. The molecule has 1 aromatic heterocycles. The Labute approximate surface area is 141 Å². The predicted octanol–water partition coefficient (Wildman–Crippen LogP) is 1.66.